The number of anilines is 2. The minimum atomic E-state index is 0.952. The first-order chi connectivity index (χ1) is 8.74. The number of fused-ring (bicyclic) bond motifs is 1. The van der Waals surface area contributed by atoms with Crippen LogP contribution < -0.4 is 5.32 Å². The highest BCUT2D eigenvalue weighted by molar-refractivity contribution is 7.22. The van der Waals surface area contributed by atoms with Crippen molar-refractivity contribution in [1.29, 1.82) is 0 Å². The predicted molar refractivity (Wildman–Crippen MR) is 78.8 cm³/mol. The van der Waals surface area contributed by atoms with E-state index in [0.29, 0.717) is 0 Å². The van der Waals surface area contributed by atoms with Crippen LogP contribution in [-0.2, 0) is 0 Å². The molecule has 0 amide bonds. The fourth-order valence-electron chi connectivity index (χ4n) is 1.97. The van der Waals surface area contributed by atoms with Crippen molar-refractivity contribution in [2.75, 3.05) is 5.32 Å². The Labute approximate surface area is 110 Å². The van der Waals surface area contributed by atoms with Gasteiger partial charge in [-0.2, -0.15) is 0 Å². The number of nitrogens with zero attached hydrogens (tertiary/aromatic N) is 1. The molecule has 0 fully saturated rings. The first-order valence-corrected chi connectivity index (χ1v) is 6.74. The van der Waals surface area contributed by atoms with Crippen LogP contribution in [0, 0.1) is 13.8 Å². The highest BCUT2D eigenvalue weighted by Gasteiger charge is 2.06. The van der Waals surface area contributed by atoms with Crippen LogP contribution in [0.25, 0.3) is 10.2 Å². The standard InChI is InChI=1S/C15H14N2S/c1-10-6-3-4-8-12(10)16-15-17-14-11(2)7-5-9-13(14)18-15/h3-9H,1-2H3,(H,16,17). The van der Waals surface area contributed by atoms with E-state index in [-0.39, 0.29) is 0 Å². The maximum absolute atomic E-state index is 4.66. The van der Waals surface area contributed by atoms with Crippen LogP contribution in [0.5, 0.6) is 0 Å². The molecular formula is C15H14N2S. The van der Waals surface area contributed by atoms with Crippen LogP contribution in [0.15, 0.2) is 42.5 Å². The number of rotatable bonds is 2. The summed E-state index contributed by atoms with van der Waals surface area (Å²) in [6.07, 6.45) is 0. The van der Waals surface area contributed by atoms with Gasteiger partial charge < -0.3 is 5.32 Å². The summed E-state index contributed by atoms with van der Waals surface area (Å²) in [7, 11) is 0. The maximum Gasteiger partial charge on any atom is 0.188 e. The molecule has 3 rings (SSSR count). The summed E-state index contributed by atoms with van der Waals surface area (Å²) >= 11 is 1.69. The zero-order chi connectivity index (χ0) is 12.5. The lowest BCUT2D eigenvalue weighted by atomic mass is 10.2. The summed E-state index contributed by atoms with van der Waals surface area (Å²) in [5, 5.41) is 4.35. The topological polar surface area (TPSA) is 24.9 Å². The number of benzene rings is 2. The van der Waals surface area contributed by atoms with Crippen molar-refractivity contribution in [2.45, 2.75) is 13.8 Å². The second-order valence-electron chi connectivity index (χ2n) is 4.38. The van der Waals surface area contributed by atoms with Gasteiger partial charge in [0.1, 0.15) is 0 Å². The van der Waals surface area contributed by atoms with Gasteiger partial charge in [0, 0.05) is 5.69 Å². The Kier molecular flexibility index (Phi) is 2.76. The molecule has 0 aliphatic rings. The molecule has 2 nitrogen and oxygen atoms in total. The highest BCUT2D eigenvalue weighted by Crippen LogP contribution is 2.30. The van der Waals surface area contributed by atoms with Gasteiger partial charge >= 0.3 is 0 Å². The molecule has 0 unspecified atom stereocenters. The molecule has 18 heavy (non-hydrogen) atoms. The number of para-hydroxylation sites is 2. The summed E-state index contributed by atoms with van der Waals surface area (Å²) in [4.78, 5) is 4.66. The van der Waals surface area contributed by atoms with Crippen molar-refractivity contribution >= 4 is 32.4 Å². The summed E-state index contributed by atoms with van der Waals surface area (Å²) in [5.74, 6) is 0. The fraction of sp³-hybridized carbons (Fsp3) is 0.133. The second-order valence-corrected chi connectivity index (χ2v) is 5.41. The van der Waals surface area contributed by atoms with Gasteiger partial charge in [-0.25, -0.2) is 4.98 Å². The lowest BCUT2D eigenvalue weighted by Crippen LogP contribution is -1.91. The van der Waals surface area contributed by atoms with E-state index in [4.69, 9.17) is 0 Å². The minimum absolute atomic E-state index is 0.952. The molecule has 0 saturated carbocycles. The van der Waals surface area contributed by atoms with Crippen LogP contribution in [0.3, 0.4) is 0 Å². The Balaban J connectivity index is 2.01. The molecule has 1 aromatic heterocycles. The third-order valence-corrected chi connectivity index (χ3v) is 3.94. The largest absolute Gasteiger partial charge is 0.331 e. The van der Waals surface area contributed by atoms with Gasteiger partial charge in [0.2, 0.25) is 0 Å². The van der Waals surface area contributed by atoms with Crippen molar-refractivity contribution in [3.63, 3.8) is 0 Å². The molecule has 0 atom stereocenters. The van der Waals surface area contributed by atoms with E-state index in [0.717, 1.165) is 16.3 Å². The van der Waals surface area contributed by atoms with Gasteiger partial charge in [-0.3, -0.25) is 0 Å². The number of hydrogen-bond donors (Lipinski definition) is 1. The third kappa shape index (κ3) is 1.97. The number of hydrogen-bond acceptors (Lipinski definition) is 3. The van der Waals surface area contributed by atoms with Crippen molar-refractivity contribution in [1.82, 2.24) is 4.98 Å². The van der Waals surface area contributed by atoms with E-state index >= 15 is 0 Å². The van der Waals surface area contributed by atoms with Crippen LogP contribution >= 0.6 is 11.3 Å². The van der Waals surface area contributed by atoms with E-state index in [1.54, 1.807) is 11.3 Å². The van der Waals surface area contributed by atoms with Gasteiger partial charge in [0.15, 0.2) is 5.13 Å². The van der Waals surface area contributed by atoms with Crippen LogP contribution in [0.1, 0.15) is 11.1 Å². The van der Waals surface area contributed by atoms with Crippen molar-refractivity contribution in [3.8, 4) is 0 Å². The predicted octanol–water partition coefficient (Wildman–Crippen LogP) is 4.66. The smallest absolute Gasteiger partial charge is 0.188 e. The molecule has 0 spiro atoms. The average Bonchev–Trinajstić information content (AvgIpc) is 2.76. The van der Waals surface area contributed by atoms with E-state index < -0.39 is 0 Å². The molecule has 0 bridgehead atoms. The first-order valence-electron chi connectivity index (χ1n) is 5.93. The van der Waals surface area contributed by atoms with Gasteiger partial charge in [0.05, 0.1) is 10.2 Å². The molecule has 0 aliphatic carbocycles. The second kappa shape index (κ2) is 4.42. The zero-order valence-electron chi connectivity index (χ0n) is 10.4. The zero-order valence-corrected chi connectivity index (χ0v) is 11.2. The Bertz CT molecular complexity index is 701. The van der Waals surface area contributed by atoms with Gasteiger partial charge in [-0.15, -0.1) is 0 Å². The SMILES string of the molecule is Cc1ccccc1Nc1nc2c(C)cccc2s1. The first kappa shape index (κ1) is 11.2. The van der Waals surface area contributed by atoms with Crippen LogP contribution in [0.2, 0.25) is 0 Å². The van der Waals surface area contributed by atoms with Gasteiger partial charge in [0.25, 0.3) is 0 Å². The van der Waals surface area contributed by atoms with Gasteiger partial charge in [-0.1, -0.05) is 41.7 Å². The van der Waals surface area contributed by atoms with E-state index in [1.165, 1.54) is 15.8 Å². The molecular weight excluding hydrogens is 240 g/mol. The average molecular weight is 254 g/mol. The molecule has 1 heterocycles. The molecule has 90 valence electrons. The van der Waals surface area contributed by atoms with Crippen molar-refractivity contribution in [3.05, 3.63) is 53.6 Å². The summed E-state index contributed by atoms with van der Waals surface area (Å²) in [6, 6.07) is 14.5. The summed E-state index contributed by atoms with van der Waals surface area (Å²) in [6.45, 7) is 4.19. The summed E-state index contributed by atoms with van der Waals surface area (Å²) < 4.78 is 1.23. The molecule has 3 aromatic rings. The molecule has 2 aromatic carbocycles. The Morgan fingerprint density at radius 1 is 0.944 bits per heavy atom. The number of aromatic nitrogens is 1. The Morgan fingerprint density at radius 3 is 2.50 bits per heavy atom. The van der Waals surface area contributed by atoms with Crippen molar-refractivity contribution in [2.24, 2.45) is 0 Å². The minimum Gasteiger partial charge on any atom is -0.331 e. The van der Waals surface area contributed by atoms with Crippen LogP contribution in [-0.4, -0.2) is 4.98 Å². The lowest BCUT2D eigenvalue weighted by molar-refractivity contribution is 1.38. The molecule has 1 N–H and O–H groups in total. The molecule has 0 saturated heterocycles. The quantitative estimate of drug-likeness (QED) is 0.719. The van der Waals surface area contributed by atoms with E-state index in [9.17, 15) is 0 Å². The van der Waals surface area contributed by atoms with E-state index in [1.807, 2.05) is 12.1 Å². The van der Waals surface area contributed by atoms with Crippen LogP contribution in [0.4, 0.5) is 10.8 Å². The molecule has 0 radical (unpaired) electrons. The number of aryl methyl sites for hydroxylation is 2. The number of thiazole rings is 1. The Hall–Kier alpha value is -1.87. The maximum atomic E-state index is 4.66. The lowest BCUT2D eigenvalue weighted by Gasteiger charge is -2.05. The van der Waals surface area contributed by atoms with E-state index in [2.05, 4.69) is 54.5 Å². The monoisotopic (exact) mass is 254 g/mol. The fourth-order valence-corrected chi connectivity index (χ4v) is 2.92. The van der Waals surface area contributed by atoms with Gasteiger partial charge in [-0.05, 0) is 37.1 Å². The molecule has 3 heteroatoms. The normalized spacial score (nSPS) is 10.8. The third-order valence-electron chi connectivity index (χ3n) is 3.01. The molecule has 0 aliphatic heterocycles. The Morgan fingerprint density at radius 2 is 1.72 bits per heavy atom. The van der Waals surface area contributed by atoms with Crippen molar-refractivity contribution < 1.29 is 0 Å². The summed E-state index contributed by atoms with van der Waals surface area (Å²) in [5.41, 5.74) is 4.67. The number of nitrogens with one attached hydrogen (secondary N) is 1. The highest BCUT2D eigenvalue weighted by atomic mass is 32.1.